The molecule has 5 heteroatoms. The molecule has 1 aromatic carbocycles. The standard InChI is InChI=1S/C20H22N2O3/c23-17-5-3-14(4-6-17)20(24)13-22-11-15-8-19(9-16(15)12-22)25-18-2-1-7-21-10-18/h1-7,10,15-16,19,23H,8-9,11-13H2/t15-,16+,19-. The van der Waals surface area contributed by atoms with Gasteiger partial charge in [0.25, 0.3) is 0 Å². The number of carbonyl (C=O) groups is 1. The van der Waals surface area contributed by atoms with Crippen molar-refractivity contribution in [1.82, 2.24) is 9.88 Å². The molecular formula is C20H22N2O3. The molecule has 5 nitrogen and oxygen atoms in total. The Labute approximate surface area is 147 Å². The topological polar surface area (TPSA) is 62.7 Å². The first-order valence-corrected chi connectivity index (χ1v) is 8.78. The van der Waals surface area contributed by atoms with Crippen molar-refractivity contribution in [2.24, 2.45) is 11.8 Å². The number of Topliss-reactive ketones (excluding diaryl/α,β-unsaturated/α-hetero) is 1. The van der Waals surface area contributed by atoms with Crippen LogP contribution in [0.4, 0.5) is 0 Å². The third-order valence-electron chi connectivity index (χ3n) is 5.28. The van der Waals surface area contributed by atoms with Gasteiger partial charge in [-0.3, -0.25) is 14.7 Å². The van der Waals surface area contributed by atoms with Gasteiger partial charge in [0.05, 0.1) is 18.8 Å². The highest BCUT2D eigenvalue weighted by Gasteiger charge is 2.42. The number of carbonyl (C=O) groups excluding carboxylic acids is 1. The second kappa shape index (κ2) is 6.84. The Bertz CT molecular complexity index is 718. The third kappa shape index (κ3) is 3.66. The fourth-order valence-corrected chi connectivity index (χ4v) is 4.12. The zero-order chi connectivity index (χ0) is 17.2. The number of likely N-dealkylation sites (tertiary alicyclic amines) is 1. The normalized spacial score (nSPS) is 25.7. The molecule has 0 bridgehead atoms. The lowest BCUT2D eigenvalue weighted by Crippen LogP contribution is -2.30. The van der Waals surface area contributed by atoms with Crippen LogP contribution in [-0.2, 0) is 0 Å². The maximum atomic E-state index is 12.4. The molecule has 4 rings (SSSR count). The van der Waals surface area contributed by atoms with E-state index >= 15 is 0 Å². The van der Waals surface area contributed by atoms with Gasteiger partial charge in [0.1, 0.15) is 11.5 Å². The van der Waals surface area contributed by atoms with Gasteiger partial charge in [0.2, 0.25) is 0 Å². The third-order valence-corrected chi connectivity index (χ3v) is 5.28. The molecule has 0 radical (unpaired) electrons. The van der Waals surface area contributed by atoms with E-state index in [4.69, 9.17) is 4.74 Å². The molecule has 1 aromatic heterocycles. The molecule has 0 unspecified atom stereocenters. The van der Waals surface area contributed by atoms with Gasteiger partial charge in [-0.05, 0) is 61.1 Å². The van der Waals surface area contributed by atoms with E-state index in [1.807, 2.05) is 12.1 Å². The summed E-state index contributed by atoms with van der Waals surface area (Å²) in [4.78, 5) is 18.7. The Morgan fingerprint density at radius 1 is 1.16 bits per heavy atom. The minimum Gasteiger partial charge on any atom is -0.508 e. The van der Waals surface area contributed by atoms with Gasteiger partial charge in [-0.1, -0.05) is 0 Å². The molecule has 2 aromatic rings. The van der Waals surface area contributed by atoms with Crippen molar-refractivity contribution >= 4 is 5.78 Å². The number of hydrogen-bond donors (Lipinski definition) is 1. The Morgan fingerprint density at radius 2 is 1.88 bits per heavy atom. The van der Waals surface area contributed by atoms with E-state index in [1.54, 1.807) is 36.7 Å². The van der Waals surface area contributed by atoms with Crippen LogP contribution in [0.1, 0.15) is 23.2 Å². The lowest BCUT2D eigenvalue weighted by molar-refractivity contribution is 0.0936. The summed E-state index contributed by atoms with van der Waals surface area (Å²) in [7, 11) is 0. The lowest BCUT2D eigenvalue weighted by Gasteiger charge is -2.19. The Morgan fingerprint density at radius 3 is 2.52 bits per heavy atom. The minimum absolute atomic E-state index is 0.114. The fraction of sp³-hybridized carbons (Fsp3) is 0.400. The Balaban J connectivity index is 1.29. The van der Waals surface area contributed by atoms with Gasteiger partial charge >= 0.3 is 0 Å². The van der Waals surface area contributed by atoms with Gasteiger partial charge in [0.15, 0.2) is 5.78 Å². The fourth-order valence-electron chi connectivity index (χ4n) is 4.12. The van der Waals surface area contributed by atoms with Gasteiger partial charge in [0, 0.05) is 24.8 Å². The number of benzene rings is 1. The SMILES string of the molecule is O=C(CN1C[C@H]2C[C@@H](Oc3cccnc3)C[C@H]2C1)c1ccc(O)cc1. The molecule has 2 aliphatic rings. The predicted molar refractivity (Wildman–Crippen MR) is 93.7 cm³/mol. The summed E-state index contributed by atoms with van der Waals surface area (Å²) in [5, 5.41) is 9.32. The molecule has 0 amide bonds. The van der Waals surface area contributed by atoms with Crippen molar-refractivity contribution < 1.29 is 14.6 Å². The summed E-state index contributed by atoms with van der Waals surface area (Å²) < 4.78 is 6.04. The highest BCUT2D eigenvalue weighted by atomic mass is 16.5. The molecule has 1 saturated carbocycles. The zero-order valence-electron chi connectivity index (χ0n) is 14.0. The van der Waals surface area contributed by atoms with Crippen LogP contribution in [0.25, 0.3) is 0 Å². The summed E-state index contributed by atoms with van der Waals surface area (Å²) in [6, 6.07) is 10.3. The summed E-state index contributed by atoms with van der Waals surface area (Å²) >= 11 is 0. The second-order valence-electron chi connectivity index (χ2n) is 7.08. The number of aromatic hydroxyl groups is 1. The van der Waals surface area contributed by atoms with Crippen LogP contribution in [0.2, 0.25) is 0 Å². The van der Waals surface area contributed by atoms with E-state index in [2.05, 4.69) is 9.88 Å². The predicted octanol–water partition coefficient (Wildman–Crippen LogP) is 2.76. The smallest absolute Gasteiger partial charge is 0.176 e. The zero-order valence-corrected chi connectivity index (χ0v) is 14.0. The van der Waals surface area contributed by atoms with Crippen LogP contribution >= 0.6 is 0 Å². The molecule has 1 aliphatic heterocycles. The van der Waals surface area contributed by atoms with E-state index in [9.17, 15) is 9.90 Å². The first-order valence-electron chi connectivity index (χ1n) is 8.78. The number of phenols is 1. The van der Waals surface area contributed by atoms with Crippen LogP contribution in [0.15, 0.2) is 48.8 Å². The highest BCUT2D eigenvalue weighted by molar-refractivity contribution is 5.97. The van der Waals surface area contributed by atoms with Gasteiger partial charge in [-0.15, -0.1) is 0 Å². The van der Waals surface area contributed by atoms with E-state index in [1.165, 1.54) is 0 Å². The lowest BCUT2D eigenvalue weighted by atomic mass is 10.0. The molecule has 25 heavy (non-hydrogen) atoms. The number of aromatic nitrogens is 1. The molecule has 1 N–H and O–H groups in total. The molecular weight excluding hydrogens is 316 g/mol. The molecule has 3 atom stereocenters. The van der Waals surface area contributed by atoms with Crippen LogP contribution in [0.3, 0.4) is 0 Å². The summed E-state index contributed by atoms with van der Waals surface area (Å²) in [6.45, 7) is 2.37. The van der Waals surface area contributed by atoms with E-state index in [-0.39, 0.29) is 17.6 Å². The van der Waals surface area contributed by atoms with Crippen molar-refractivity contribution in [2.75, 3.05) is 19.6 Å². The molecule has 0 spiro atoms. The number of pyridine rings is 1. The summed E-state index contributed by atoms with van der Waals surface area (Å²) in [5.41, 5.74) is 0.660. The second-order valence-corrected chi connectivity index (χ2v) is 7.08. The summed E-state index contributed by atoms with van der Waals surface area (Å²) in [5.74, 6) is 2.35. The van der Waals surface area contributed by atoms with Crippen molar-refractivity contribution in [3.05, 3.63) is 54.4 Å². The molecule has 130 valence electrons. The van der Waals surface area contributed by atoms with E-state index in [0.717, 1.165) is 31.7 Å². The number of ether oxygens (including phenoxy) is 1. The average molecular weight is 338 g/mol. The number of phenolic OH excluding ortho intramolecular Hbond substituents is 1. The highest BCUT2D eigenvalue weighted by Crippen LogP contribution is 2.39. The van der Waals surface area contributed by atoms with Crippen molar-refractivity contribution in [3.8, 4) is 11.5 Å². The van der Waals surface area contributed by atoms with Gasteiger partial charge < -0.3 is 9.84 Å². The van der Waals surface area contributed by atoms with Crippen LogP contribution in [0.5, 0.6) is 11.5 Å². The van der Waals surface area contributed by atoms with Crippen LogP contribution < -0.4 is 4.74 Å². The quantitative estimate of drug-likeness (QED) is 0.850. The largest absolute Gasteiger partial charge is 0.508 e. The molecule has 1 saturated heterocycles. The molecule has 1 aliphatic carbocycles. The van der Waals surface area contributed by atoms with Gasteiger partial charge in [-0.25, -0.2) is 0 Å². The number of fused-ring (bicyclic) bond motifs is 1. The first kappa shape index (κ1) is 16.1. The van der Waals surface area contributed by atoms with Crippen LogP contribution in [0, 0.1) is 11.8 Å². The summed E-state index contributed by atoms with van der Waals surface area (Å²) in [6.07, 6.45) is 5.86. The number of nitrogens with zero attached hydrogens (tertiary/aromatic N) is 2. The molecule has 2 fully saturated rings. The van der Waals surface area contributed by atoms with Gasteiger partial charge in [-0.2, -0.15) is 0 Å². The van der Waals surface area contributed by atoms with Crippen LogP contribution in [-0.4, -0.2) is 46.5 Å². The van der Waals surface area contributed by atoms with Crippen molar-refractivity contribution in [2.45, 2.75) is 18.9 Å². The molecule has 2 heterocycles. The number of ketones is 1. The van der Waals surface area contributed by atoms with Crippen molar-refractivity contribution in [1.29, 1.82) is 0 Å². The van der Waals surface area contributed by atoms with E-state index < -0.39 is 0 Å². The number of rotatable bonds is 5. The Hall–Kier alpha value is -2.40. The minimum atomic E-state index is 0.114. The van der Waals surface area contributed by atoms with Crippen molar-refractivity contribution in [3.63, 3.8) is 0 Å². The Kier molecular flexibility index (Phi) is 4.40. The first-order chi connectivity index (χ1) is 12.2. The average Bonchev–Trinajstić information content (AvgIpc) is 3.14. The number of hydrogen-bond acceptors (Lipinski definition) is 5. The monoisotopic (exact) mass is 338 g/mol. The maximum Gasteiger partial charge on any atom is 0.176 e. The maximum absolute atomic E-state index is 12.4. The van der Waals surface area contributed by atoms with E-state index in [0.29, 0.717) is 23.9 Å².